The van der Waals surface area contributed by atoms with Gasteiger partial charge in [-0.1, -0.05) is 35.6 Å². The Morgan fingerprint density at radius 1 is 1.10 bits per heavy atom. The second-order valence-corrected chi connectivity index (χ2v) is 7.69. The first-order valence-electron chi connectivity index (χ1n) is 9.01. The lowest BCUT2D eigenvalue weighted by atomic mass is 9.96. The quantitative estimate of drug-likeness (QED) is 0.605. The number of carbonyl (C=O) groups is 1. The number of halogens is 2. The molecule has 1 aromatic heterocycles. The first kappa shape index (κ1) is 19.9. The Balaban J connectivity index is 1.96. The second kappa shape index (κ2) is 7.79. The van der Waals surface area contributed by atoms with E-state index in [0.717, 1.165) is 11.3 Å². The predicted molar refractivity (Wildman–Crippen MR) is 109 cm³/mol. The maximum Gasteiger partial charge on any atom is 0.338 e. The molecule has 0 bridgehead atoms. The summed E-state index contributed by atoms with van der Waals surface area (Å²) in [6, 6.07) is 10.5. The molecule has 0 amide bonds. The highest BCUT2D eigenvalue weighted by atomic mass is 32.1. The van der Waals surface area contributed by atoms with E-state index in [4.69, 9.17) is 4.74 Å². The van der Waals surface area contributed by atoms with Gasteiger partial charge in [0.1, 0.15) is 11.6 Å². The number of fused-ring (bicyclic) bond motifs is 1. The van der Waals surface area contributed by atoms with Gasteiger partial charge in [0, 0.05) is 0 Å². The molecule has 3 aromatic rings. The van der Waals surface area contributed by atoms with Crippen LogP contribution in [0.3, 0.4) is 0 Å². The van der Waals surface area contributed by atoms with E-state index in [1.165, 1.54) is 48.1 Å². The molecule has 5 nitrogen and oxygen atoms in total. The highest BCUT2D eigenvalue weighted by Crippen LogP contribution is 2.30. The fraction of sp³-hybridized carbons (Fsp3) is 0.136. The molecule has 8 heteroatoms. The minimum absolute atomic E-state index is 0.213. The number of aromatic nitrogens is 1. The van der Waals surface area contributed by atoms with Crippen molar-refractivity contribution in [3.63, 3.8) is 0 Å². The fourth-order valence-electron chi connectivity index (χ4n) is 3.36. The number of hydrogen-bond donors (Lipinski definition) is 0. The number of esters is 1. The van der Waals surface area contributed by atoms with Crippen LogP contribution in [0.4, 0.5) is 8.78 Å². The molecule has 0 saturated carbocycles. The molecular weight excluding hydrogens is 410 g/mol. The van der Waals surface area contributed by atoms with Crippen molar-refractivity contribution in [3.05, 3.63) is 102 Å². The van der Waals surface area contributed by atoms with Crippen molar-refractivity contribution >= 4 is 23.4 Å². The summed E-state index contributed by atoms with van der Waals surface area (Å²) in [4.78, 5) is 30.6. The molecule has 4 rings (SSSR count). The van der Waals surface area contributed by atoms with Crippen LogP contribution in [0, 0.1) is 11.6 Å². The normalized spacial score (nSPS) is 16.3. The molecule has 0 fully saturated rings. The Bertz CT molecular complexity index is 1340. The Kier molecular flexibility index (Phi) is 5.17. The van der Waals surface area contributed by atoms with Crippen LogP contribution in [0.1, 0.15) is 24.1 Å². The Hall–Kier alpha value is -3.39. The monoisotopic (exact) mass is 426 g/mol. The van der Waals surface area contributed by atoms with E-state index >= 15 is 0 Å². The first-order chi connectivity index (χ1) is 14.4. The molecule has 30 heavy (non-hydrogen) atoms. The fourth-order valence-corrected chi connectivity index (χ4v) is 4.41. The summed E-state index contributed by atoms with van der Waals surface area (Å²) < 4.78 is 33.4. The van der Waals surface area contributed by atoms with E-state index in [0.29, 0.717) is 26.2 Å². The van der Waals surface area contributed by atoms with Crippen LogP contribution in [0.15, 0.2) is 69.6 Å². The van der Waals surface area contributed by atoms with Gasteiger partial charge in [0.2, 0.25) is 0 Å². The summed E-state index contributed by atoms with van der Waals surface area (Å²) in [5.41, 5.74) is 1.49. The molecule has 0 saturated heterocycles. The number of nitrogens with zero attached hydrogens (tertiary/aromatic N) is 2. The standard InChI is InChI=1S/C22H16F2N2O3S/c1-12-18(21(28)29-2)19(14-5-9-16(24)10-6-14)26-20(27)17(30-22(26)25-12)11-13-3-7-15(23)8-4-13/h3-11,19H,1-2H3/b17-11+/t19-/m0/s1. The average molecular weight is 426 g/mol. The van der Waals surface area contributed by atoms with Crippen molar-refractivity contribution in [1.29, 1.82) is 0 Å². The van der Waals surface area contributed by atoms with Gasteiger partial charge in [0.25, 0.3) is 5.56 Å². The van der Waals surface area contributed by atoms with Gasteiger partial charge in [-0.2, -0.15) is 0 Å². The molecular formula is C22H16F2N2O3S. The van der Waals surface area contributed by atoms with Gasteiger partial charge in [-0.05, 0) is 48.4 Å². The molecule has 2 aromatic carbocycles. The summed E-state index contributed by atoms with van der Waals surface area (Å²) in [6.45, 7) is 1.67. The van der Waals surface area contributed by atoms with Gasteiger partial charge in [-0.25, -0.2) is 18.6 Å². The smallest absolute Gasteiger partial charge is 0.338 e. The predicted octanol–water partition coefficient (Wildman–Crippen LogP) is 2.69. The number of methoxy groups -OCH3 is 1. The van der Waals surface area contributed by atoms with E-state index in [1.807, 2.05) is 0 Å². The summed E-state index contributed by atoms with van der Waals surface area (Å²) in [6.07, 6.45) is 1.64. The van der Waals surface area contributed by atoms with Crippen LogP contribution in [-0.4, -0.2) is 17.6 Å². The third kappa shape index (κ3) is 3.50. The first-order valence-corrected chi connectivity index (χ1v) is 9.82. The number of ether oxygens (including phenoxy) is 1. The largest absolute Gasteiger partial charge is 0.466 e. The van der Waals surface area contributed by atoms with Crippen molar-refractivity contribution in [2.75, 3.05) is 7.11 Å². The average Bonchev–Trinajstić information content (AvgIpc) is 3.03. The lowest BCUT2D eigenvalue weighted by molar-refractivity contribution is -0.136. The maximum absolute atomic E-state index is 13.5. The van der Waals surface area contributed by atoms with Crippen LogP contribution in [0.5, 0.6) is 0 Å². The SMILES string of the molecule is COC(=O)C1=C(C)N=c2s/c(=C/c3ccc(F)cc3)c(=O)n2[C@H]1c1ccc(F)cc1. The summed E-state index contributed by atoms with van der Waals surface area (Å²) in [7, 11) is 1.25. The van der Waals surface area contributed by atoms with Crippen LogP contribution in [0.2, 0.25) is 0 Å². The third-order valence-electron chi connectivity index (χ3n) is 4.78. The molecule has 0 spiro atoms. The van der Waals surface area contributed by atoms with E-state index in [2.05, 4.69) is 4.99 Å². The zero-order valence-corrected chi connectivity index (χ0v) is 16.9. The van der Waals surface area contributed by atoms with Crippen molar-refractivity contribution in [3.8, 4) is 0 Å². The van der Waals surface area contributed by atoms with E-state index in [1.54, 1.807) is 25.1 Å². The van der Waals surface area contributed by atoms with Crippen LogP contribution in [-0.2, 0) is 9.53 Å². The molecule has 0 aliphatic carbocycles. The Labute approximate surface area is 173 Å². The molecule has 1 atom stereocenters. The van der Waals surface area contributed by atoms with Gasteiger partial charge in [-0.15, -0.1) is 0 Å². The molecule has 0 N–H and O–H groups in total. The molecule has 1 aliphatic heterocycles. The number of allylic oxidation sites excluding steroid dienone is 1. The highest BCUT2D eigenvalue weighted by Gasteiger charge is 2.33. The van der Waals surface area contributed by atoms with E-state index < -0.39 is 17.8 Å². The second-order valence-electron chi connectivity index (χ2n) is 6.68. The number of carbonyl (C=O) groups excluding carboxylic acids is 1. The van der Waals surface area contributed by atoms with Gasteiger partial charge in [-0.3, -0.25) is 9.36 Å². The minimum Gasteiger partial charge on any atom is -0.466 e. The molecule has 152 valence electrons. The maximum atomic E-state index is 13.5. The minimum atomic E-state index is -0.801. The van der Waals surface area contributed by atoms with Crippen LogP contribution >= 0.6 is 11.3 Å². The third-order valence-corrected chi connectivity index (χ3v) is 5.76. The Morgan fingerprint density at radius 2 is 1.70 bits per heavy atom. The summed E-state index contributed by atoms with van der Waals surface area (Å²) in [5, 5.41) is 0. The summed E-state index contributed by atoms with van der Waals surface area (Å²) in [5.74, 6) is -1.41. The molecule has 0 unspecified atom stereocenters. The zero-order chi connectivity index (χ0) is 21.4. The van der Waals surface area contributed by atoms with Gasteiger partial charge in [0.05, 0.1) is 29.0 Å². The lowest BCUT2D eigenvalue weighted by Gasteiger charge is -2.24. The van der Waals surface area contributed by atoms with Crippen molar-refractivity contribution in [2.45, 2.75) is 13.0 Å². The lowest BCUT2D eigenvalue weighted by Crippen LogP contribution is -2.39. The van der Waals surface area contributed by atoms with Crippen LogP contribution in [0.25, 0.3) is 6.08 Å². The van der Waals surface area contributed by atoms with Gasteiger partial charge < -0.3 is 4.74 Å². The van der Waals surface area contributed by atoms with Crippen molar-refractivity contribution in [2.24, 2.45) is 4.99 Å². The van der Waals surface area contributed by atoms with Crippen molar-refractivity contribution < 1.29 is 18.3 Å². The van der Waals surface area contributed by atoms with E-state index in [-0.39, 0.29) is 16.9 Å². The molecule has 2 heterocycles. The van der Waals surface area contributed by atoms with E-state index in [9.17, 15) is 18.4 Å². The number of thiazole rings is 1. The highest BCUT2D eigenvalue weighted by molar-refractivity contribution is 7.07. The topological polar surface area (TPSA) is 60.7 Å². The number of rotatable bonds is 3. The molecule has 1 aliphatic rings. The zero-order valence-electron chi connectivity index (χ0n) is 16.1. The number of benzene rings is 2. The molecule has 0 radical (unpaired) electrons. The van der Waals surface area contributed by atoms with Gasteiger partial charge >= 0.3 is 5.97 Å². The Morgan fingerprint density at radius 3 is 2.30 bits per heavy atom. The number of hydrogen-bond acceptors (Lipinski definition) is 5. The van der Waals surface area contributed by atoms with Crippen LogP contribution < -0.4 is 14.9 Å². The summed E-state index contributed by atoms with van der Waals surface area (Å²) >= 11 is 1.16. The van der Waals surface area contributed by atoms with Crippen molar-refractivity contribution in [1.82, 2.24) is 4.57 Å². The van der Waals surface area contributed by atoms with Gasteiger partial charge in [0.15, 0.2) is 4.80 Å².